The molecule has 1 N–H and O–H groups in total. The maximum atomic E-state index is 12.6. The van der Waals surface area contributed by atoms with E-state index in [1.807, 2.05) is 54.2 Å². The summed E-state index contributed by atoms with van der Waals surface area (Å²) in [5, 5.41) is 2.81. The molecule has 2 aromatic rings. The minimum Gasteiger partial charge on any atom is -0.464 e. The Balaban J connectivity index is 2.06. The third-order valence-corrected chi connectivity index (χ3v) is 4.79. The van der Waals surface area contributed by atoms with Crippen molar-refractivity contribution in [1.82, 2.24) is 5.32 Å². The first-order chi connectivity index (χ1) is 12.6. The van der Waals surface area contributed by atoms with Crippen LogP contribution >= 0.6 is 11.8 Å². The number of benzene rings is 2. The molecule has 0 aromatic heterocycles. The molecule has 2 aromatic carbocycles. The van der Waals surface area contributed by atoms with Crippen molar-refractivity contribution in [3.63, 3.8) is 0 Å². The second-order valence-corrected chi connectivity index (χ2v) is 7.08. The van der Waals surface area contributed by atoms with Gasteiger partial charge in [-0.05, 0) is 35.9 Å². The average molecular weight is 372 g/mol. The van der Waals surface area contributed by atoms with Crippen molar-refractivity contribution < 1.29 is 14.3 Å². The molecule has 0 spiro atoms. The number of carbonyl (C=O) groups excluding carboxylic acids is 2. The first kappa shape index (κ1) is 20.0. The van der Waals surface area contributed by atoms with Crippen LogP contribution in [0.5, 0.6) is 0 Å². The molecule has 0 bridgehead atoms. The van der Waals surface area contributed by atoms with Gasteiger partial charge in [-0.15, -0.1) is 0 Å². The lowest BCUT2D eigenvalue weighted by Gasteiger charge is -2.17. The Hall–Kier alpha value is -2.27. The Morgan fingerprint density at radius 3 is 2.31 bits per heavy atom. The summed E-state index contributed by atoms with van der Waals surface area (Å²) in [4.78, 5) is 24.8. The summed E-state index contributed by atoms with van der Waals surface area (Å²) in [5.74, 6) is 1.30. The maximum Gasteiger partial charge on any atom is 0.328 e. The van der Waals surface area contributed by atoms with Crippen LogP contribution in [0.2, 0.25) is 0 Å². The van der Waals surface area contributed by atoms with Gasteiger partial charge in [-0.3, -0.25) is 4.79 Å². The van der Waals surface area contributed by atoms with E-state index in [1.54, 1.807) is 19.1 Å². The Morgan fingerprint density at radius 1 is 1.00 bits per heavy atom. The Kier molecular flexibility index (Phi) is 8.22. The van der Waals surface area contributed by atoms with Gasteiger partial charge in [0.1, 0.15) is 6.04 Å². The van der Waals surface area contributed by atoms with Crippen molar-refractivity contribution >= 4 is 23.6 Å². The Morgan fingerprint density at radius 2 is 1.69 bits per heavy atom. The predicted molar refractivity (Wildman–Crippen MR) is 106 cm³/mol. The fourth-order valence-corrected chi connectivity index (χ4v) is 3.13. The van der Waals surface area contributed by atoms with Gasteiger partial charge in [0.2, 0.25) is 0 Å². The fourth-order valence-electron chi connectivity index (χ4n) is 2.50. The molecule has 0 aliphatic rings. The third kappa shape index (κ3) is 6.23. The van der Waals surface area contributed by atoms with Crippen molar-refractivity contribution in [2.75, 3.05) is 12.4 Å². The highest BCUT2D eigenvalue weighted by Gasteiger charge is 2.23. The van der Waals surface area contributed by atoms with Gasteiger partial charge in [0.25, 0.3) is 5.91 Å². The number of ether oxygens (including phenoxy) is 1. The van der Waals surface area contributed by atoms with Crippen LogP contribution in [0, 0.1) is 0 Å². The lowest BCUT2D eigenvalue weighted by molar-refractivity contribution is -0.145. The molecule has 0 heterocycles. The number of esters is 1. The number of nitrogens with one attached hydrogen (secondary N) is 1. The van der Waals surface area contributed by atoms with Crippen LogP contribution in [-0.4, -0.2) is 30.3 Å². The Bertz CT molecular complexity index is 701. The lowest BCUT2D eigenvalue weighted by atomic mass is 10.1. The number of thioether (sulfide) groups is 1. The van der Waals surface area contributed by atoms with Crippen LogP contribution < -0.4 is 5.32 Å². The third-order valence-electron chi connectivity index (χ3n) is 3.85. The van der Waals surface area contributed by atoms with Crippen molar-refractivity contribution in [2.24, 2.45) is 0 Å². The molecule has 1 amide bonds. The molecule has 0 saturated carbocycles. The first-order valence-corrected chi connectivity index (χ1v) is 9.97. The molecule has 26 heavy (non-hydrogen) atoms. The smallest absolute Gasteiger partial charge is 0.328 e. The number of rotatable bonds is 9. The normalized spacial score (nSPS) is 11.6. The van der Waals surface area contributed by atoms with E-state index in [4.69, 9.17) is 4.74 Å². The quantitative estimate of drug-likeness (QED) is 0.681. The molecule has 0 aliphatic carbocycles. The van der Waals surface area contributed by atoms with Gasteiger partial charge in [-0.25, -0.2) is 4.79 Å². The van der Waals surface area contributed by atoms with Crippen LogP contribution in [0.15, 0.2) is 54.6 Å². The zero-order valence-corrected chi connectivity index (χ0v) is 16.1. The SMILES string of the molecule is CCOC(=O)C(Cc1ccccc1)NC(=O)c1ccc(CSCC)cc1. The molecule has 0 aliphatic heterocycles. The van der Waals surface area contributed by atoms with E-state index in [1.165, 1.54) is 5.56 Å². The number of amides is 1. The Labute approximate surface area is 159 Å². The van der Waals surface area contributed by atoms with Gasteiger partial charge in [0.05, 0.1) is 6.61 Å². The zero-order valence-electron chi connectivity index (χ0n) is 15.2. The molecule has 1 atom stereocenters. The van der Waals surface area contributed by atoms with Crippen LogP contribution in [-0.2, 0) is 21.7 Å². The summed E-state index contributed by atoms with van der Waals surface area (Å²) >= 11 is 1.83. The highest BCUT2D eigenvalue weighted by Crippen LogP contribution is 2.13. The average Bonchev–Trinajstić information content (AvgIpc) is 2.67. The first-order valence-electron chi connectivity index (χ1n) is 8.82. The number of hydrogen-bond acceptors (Lipinski definition) is 4. The van der Waals surface area contributed by atoms with E-state index >= 15 is 0 Å². The zero-order chi connectivity index (χ0) is 18.8. The summed E-state index contributed by atoms with van der Waals surface area (Å²) in [7, 11) is 0. The molecule has 5 heteroatoms. The second kappa shape index (κ2) is 10.7. The van der Waals surface area contributed by atoms with E-state index in [-0.39, 0.29) is 12.5 Å². The highest BCUT2D eigenvalue weighted by atomic mass is 32.2. The van der Waals surface area contributed by atoms with Crippen molar-refractivity contribution in [2.45, 2.75) is 32.1 Å². The van der Waals surface area contributed by atoms with Crippen LogP contribution in [0.1, 0.15) is 35.3 Å². The van der Waals surface area contributed by atoms with Gasteiger partial charge in [0, 0.05) is 17.7 Å². The highest BCUT2D eigenvalue weighted by molar-refractivity contribution is 7.98. The predicted octanol–water partition coefficient (Wildman–Crippen LogP) is 3.84. The van der Waals surface area contributed by atoms with Gasteiger partial charge < -0.3 is 10.1 Å². The molecule has 4 nitrogen and oxygen atoms in total. The summed E-state index contributed by atoms with van der Waals surface area (Å²) in [6.45, 7) is 4.16. The number of carbonyl (C=O) groups is 2. The fraction of sp³-hybridized carbons (Fsp3) is 0.333. The van der Waals surface area contributed by atoms with Gasteiger partial charge >= 0.3 is 5.97 Å². The van der Waals surface area contributed by atoms with Crippen molar-refractivity contribution in [3.05, 3.63) is 71.3 Å². The van der Waals surface area contributed by atoms with E-state index in [0.29, 0.717) is 12.0 Å². The molecule has 2 rings (SSSR count). The van der Waals surface area contributed by atoms with Crippen molar-refractivity contribution in [1.29, 1.82) is 0 Å². The summed E-state index contributed by atoms with van der Waals surface area (Å²) in [6, 6.07) is 16.4. The molecule has 0 fully saturated rings. The van der Waals surface area contributed by atoms with Crippen LogP contribution in [0.3, 0.4) is 0 Å². The molecule has 1 unspecified atom stereocenters. The van der Waals surface area contributed by atoms with E-state index in [9.17, 15) is 9.59 Å². The van der Waals surface area contributed by atoms with E-state index in [2.05, 4.69) is 12.2 Å². The summed E-state index contributed by atoms with van der Waals surface area (Å²) in [6.07, 6.45) is 0.399. The second-order valence-electron chi connectivity index (χ2n) is 5.80. The van der Waals surface area contributed by atoms with Gasteiger partial charge in [-0.2, -0.15) is 11.8 Å². The largest absolute Gasteiger partial charge is 0.464 e. The van der Waals surface area contributed by atoms with E-state index in [0.717, 1.165) is 17.1 Å². The molecule has 0 radical (unpaired) electrons. The van der Waals surface area contributed by atoms with Crippen LogP contribution in [0.4, 0.5) is 0 Å². The molecule has 138 valence electrons. The van der Waals surface area contributed by atoms with Gasteiger partial charge in [-0.1, -0.05) is 49.4 Å². The standard InChI is InChI=1S/C21H25NO3S/c1-3-25-21(24)19(14-16-8-6-5-7-9-16)22-20(23)18-12-10-17(11-13-18)15-26-4-2/h5-13,19H,3-4,14-15H2,1-2H3,(H,22,23). The van der Waals surface area contributed by atoms with E-state index < -0.39 is 12.0 Å². The topological polar surface area (TPSA) is 55.4 Å². The molecule has 0 saturated heterocycles. The lowest BCUT2D eigenvalue weighted by Crippen LogP contribution is -2.43. The monoisotopic (exact) mass is 371 g/mol. The maximum absolute atomic E-state index is 12.6. The summed E-state index contributed by atoms with van der Waals surface area (Å²) < 4.78 is 5.12. The molecular weight excluding hydrogens is 346 g/mol. The van der Waals surface area contributed by atoms with Crippen molar-refractivity contribution in [3.8, 4) is 0 Å². The van der Waals surface area contributed by atoms with Gasteiger partial charge in [0.15, 0.2) is 0 Å². The van der Waals surface area contributed by atoms with Crippen LogP contribution in [0.25, 0.3) is 0 Å². The minimum atomic E-state index is -0.708. The molecular formula is C21H25NO3S. The summed E-state index contributed by atoms with van der Waals surface area (Å²) in [5.41, 5.74) is 2.69. The minimum absolute atomic E-state index is 0.270. The number of hydrogen-bond donors (Lipinski definition) is 1.